The monoisotopic (exact) mass is 223 g/mol. The molecule has 2 unspecified atom stereocenters. The number of ether oxygens (including phenoxy) is 1. The predicted molar refractivity (Wildman–Crippen MR) is 65.5 cm³/mol. The molecule has 16 heavy (non-hydrogen) atoms. The zero-order valence-corrected chi connectivity index (χ0v) is 10.2. The van der Waals surface area contributed by atoms with Gasteiger partial charge in [0.15, 0.2) is 0 Å². The van der Waals surface area contributed by atoms with Crippen LogP contribution in [-0.2, 0) is 4.74 Å². The molecule has 90 valence electrons. The number of methoxy groups -OCH3 is 1. The van der Waals surface area contributed by atoms with E-state index in [1.807, 2.05) is 38.1 Å². The Morgan fingerprint density at radius 1 is 1.44 bits per heavy atom. The molecule has 0 radical (unpaired) electrons. The Balaban J connectivity index is 2.43. The standard InChI is InChI=1S/C13H21NO2/c1-10-5-4-6-12(7-10)13(15)8-14-11(2)9-16-3/h4-7,11,13-15H,8-9H2,1-3H3. The lowest BCUT2D eigenvalue weighted by Gasteiger charge is -2.17. The van der Waals surface area contributed by atoms with Crippen molar-refractivity contribution >= 4 is 0 Å². The summed E-state index contributed by atoms with van der Waals surface area (Å²) in [6.07, 6.45) is -0.459. The van der Waals surface area contributed by atoms with Gasteiger partial charge in [0.25, 0.3) is 0 Å². The summed E-state index contributed by atoms with van der Waals surface area (Å²) < 4.78 is 5.02. The summed E-state index contributed by atoms with van der Waals surface area (Å²) in [5, 5.41) is 13.2. The first-order valence-electron chi connectivity index (χ1n) is 5.60. The zero-order chi connectivity index (χ0) is 12.0. The largest absolute Gasteiger partial charge is 0.387 e. The highest BCUT2D eigenvalue weighted by Crippen LogP contribution is 2.13. The normalized spacial score (nSPS) is 14.8. The van der Waals surface area contributed by atoms with E-state index in [0.29, 0.717) is 13.2 Å². The maximum atomic E-state index is 9.96. The van der Waals surface area contributed by atoms with Crippen LogP contribution in [0.4, 0.5) is 0 Å². The first-order valence-corrected chi connectivity index (χ1v) is 5.60. The minimum atomic E-state index is -0.459. The number of nitrogens with one attached hydrogen (secondary N) is 1. The highest BCUT2D eigenvalue weighted by Gasteiger charge is 2.09. The molecule has 1 aromatic rings. The lowest BCUT2D eigenvalue weighted by atomic mass is 10.1. The smallest absolute Gasteiger partial charge is 0.0914 e. The van der Waals surface area contributed by atoms with Crippen molar-refractivity contribution in [2.45, 2.75) is 26.0 Å². The Morgan fingerprint density at radius 3 is 2.81 bits per heavy atom. The molecule has 0 aromatic heterocycles. The highest BCUT2D eigenvalue weighted by atomic mass is 16.5. The van der Waals surface area contributed by atoms with E-state index in [2.05, 4.69) is 5.32 Å². The second-order valence-corrected chi connectivity index (χ2v) is 4.19. The van der Waals surface area contributed by atoms with Crippen LogP contribution in [0.1, 0.15) is 24.2 Å². The Kier molecular flexibility index (Phi) is 5.46. The molecule has 3 heteroatoms. The number of aliphatic hydroxyl groups is 1. The molecule has 2 atom stereocenters. The molecule has 0 spiro atoms. The maximum absolute atomic E-state index is 9.96. The molecule has 0 saturated carbocycles. The van der Waals surface area contributed by atoms with Crippen LogP contribution in [0.5, 0.6) is 0 Å². The molecule has 1 aromatic carbocycles. The van der Waals surface area contributed by atoms with Crippen LogP contribution >= 0.6 is 0 Å². The van der Waals surface area contributed by atoms with Crippen molar-refractivity contribution in [2.24, 2.45) is 0 Å². The second-order valence-electron chi connectivity index (χ2n) is 4.19. The molecular weight excluding hydrogens is 202 g/mol. The van der Waals surface area contributed by atoms with E-state index in [-0.39, 0.29) is 6.04 Å². The van der Waals surface area contributed by atoms with Gasteiger partial charge in [-0.1, -0.05) is 29.8 Å². The van der Waals surface area contributed by atoms with Crippen LogP contribution < -0.4 is 5.32 Å². The number of rotatable bonds is 6. The van der Waals surface area contributed by atoms with Gasteiger partial charge in [0, 0.05) is 19.7 Å². The Hall–Kier alpha value is -0.900. The first-order chi connectivity index (χ1) is 7.63. The SMILES string of the molecule is COCC(C)NCC(O)c1cccc(C)c1. The molecule has 0 aliphatic rings. The summed E-state index contributed by atoms with van der Waals surface area (Å²) >= 11 is 0. The van der Waals surface area contributed by atoms with Gasteiger partial charge in [-0.25, -0.2) is 0 Å². The molecule has 0 aliphatic carbocycles. The molecule has 0 fully saturated rings. The third-order valence-corrected chi connectivity index (χ3v) is 2.50. The average Bonchev–Trinajstić information content (AvgIpc) is 2.26. The van der Waals surface area contributed by atoms with Gasteiger partial charge < -0.3 is 15.2 Å². The number of aryl methyl sites for hydroxylation is 1. The summed E-state index contributed by atoms with van der Waals surface area (Å²) in [6.45, 7) is 5.26. The molecule has 3 nitrogen and oxygen atoms in total. The second kappa shape index (κ2) is 6.63. The van der Waals surface area contributed by atoms with Crippen LogP contribution in [-0.4, -0.2) is 31.4 Å². The molecule has 0 amide bonds. The topological polar surface area (TPSA) is 41.5 Å². The summed E-state index contributed by atoms with van der Waals surface area (Å²) in [5.74, 6) is 0. The van der Waals surface area contributed by atoms with E-state index in [1.165, 1.54) is 5.56 Å². The van der Waals surface area contributed by atoms with Gasteiger partial charge in [0.05, 0.1) is 12.7 Å². The molecule has 0 aliphatic heterocycles. The van der Waals surface area contributed by atoms with Gasteiger partial charge in [-0.3, -0.25) is 0 Å². The van der Waals surface area contributed by atoms with Crippen molar-refractivity contribution in [2.75, 3.05) is 20.3 Å². The first kappa shape index (κ1) is 13.2. The van der Waals surface area contributed by atoms with Crippen molar-refractivity contribution in [1.29, 1.82) is 0 Å². The van der Waals surface area contributed by atoms with Crippen molar-refractivity contribution in [3.05, 3.63) is 35.4 Å². The van der Waals surface area contributed by atoms with E-state index < -0.39 is 6.10 Å². The molecule has 0 saturated heterocycles. The third kappa shape index (κ3) is 4.31. The summed E-state index contributed by atoms with van der Waals surface area (Å²) in [5.41, 5.74) is 2.12. The number of benzene rings is 1. The van der Waals surface area contributed by atoms with Gasteiger partial charge >= 0.3 is 0 Å². The van der Waals surface area contributed by atoms with Crippen LogP contribution in [0.25, 0.3) is 0 Å². The molecular formula is C13H21NO2. The van der Waals surface area contributed by atoms with E-state index >= 15 is 0 Å². The van der Waals surface area contributed by atoms with Crippen molar-refractivity contribution in [3.8, 4) is 0 Å². The quantitative estimate of drug-likeness (QED) is 0.770. The number of hydrogen-bond acceptors (Lipinski definition) is 3. The Morgan fingerprint density at radius 2 is 2.19 bits per heavy atom. The van der Waals surface area contributed by atoms with Gasteiger partial charge in [0.1, 0.15) is 0 Å². The molecule has 0 heterocycles. The van der Waals surface area contributed by atoms with Gasteiger partial charge in [-0.05, 0) is 19.4 Å². The van der Waals surface area contributed by atoms with Crippen LogP contribution in [0.15, 0.2) is 24.3 Å². The van der Waals surface area contributed by atoms with Crippen molar-refractivity contribution in [3.63, 3.8) is 0 Å². The summed E-state index contributed by atoms with van der Waals surface area (Å²) in [6, 6.07) is 8.20. The van der Waals surface area contributed by atoms with Gasteiger partial charge in [-0.2, -0.15) is 0 Å². The van der Waals surface area contributed by atoms with Crippen molar-refractivity contribution in [1.82, 2.24) is 5.32 Å². The van der Waals surface area contributed by atoms with Crippen LogP contribution in [0.2, 0.25) is 0 Å². The van der Waals surface area contributed by atoms with E-state index in [0.717, 1.165) is 5.56 Å². The lowest BCUT2D eigenvalue weighted by molar-refractivity contribution is 0.143. The predicted octanol–water partition coefficient (Wildman–Crippen LogP) is 1.65. The Bertz CT molecular complexity index is 315. The molecule has 2 N–H and O–H groups in total. The minimum Gasteiger partial charge on any atom is -0.387 e. The number of hydrogen-bond donors (Lipinski definition) is 2. The number of aliphatic hydroxyl groups excluding tert-OH is 1. The highest BCUT2D eigenvalue weighted by molar-refractivity contribution is 5.24. The molecule has 0 bridgehead atoms. The summed E-state index contributed by atoms with van der Waals surface area (Å²) in [4.78, 5) is 0. The fourth-order valence-electron chi connectivity index (χ4n) is 1.62. The van der Waals surface area contributed by atoms with E-state index in [4.69, 9.17) is 4.74 Å². The minimum absolute atomic E-state index is 0.254. The van der Waals surface area contributed by atoms with Gasteiger partial charge in [0.2, 0.25) is 0 Å². The average molecular weight is 223 g/mol. The van der Waals surface area contributed by atoms with Crippen LogP contribution in [0, 0.1) is 6.92 Å². The van der Waals surface area contributed by atoms with E-state index in [1.54, 1.807) is 7.11 Å². The lowest BCUT2D eigenvalue weighted by Crippen LogP contribution is -2.33. The maximum Gasteiger partial charge on any atom is 0.0914 e. The fourth-order valence-corrected chi connectivity index (χ4v) is 1.62. The zero-order valence-electron chi connectivity index (χ0n) is 10.2. The Labute approximate surface area is 97.4 Å². The van der Waals surface area contributed by atoms with E-state index in [9.17, 15) is 5.11 Å². The summed E-state index contributed by atoms with van der Waals surface area (Å²) in [7, 11) is 1.68. The van der Waals surface area contributed by atoms with Crippen LogP contribution in [0.3, 0.4) is 0 Å². The molecule has 1 rings (SSSR count). The van der Waals surface area contributed by atoms with Crippen molar-refractivity contribution < 1.29 is 9.84 Å². The third-order valence-electron chi connectivity index (χ3n) is 2.50. The van der Waals surface area contributed by atoms with Gasteiger partial charge in [-0.15, -0.1) is 0 Å². The fraction of sp³-hybridized carbons (Fsp3) is 0.538.